The van der Waals surface area contributed by atoms with Gasteiger partial charge in [-0.25, -0.2) is 0 Å². The van der Waals surface area contributed by atoms with Gasteiger partial charge in [0.1, 0.15) is 6.04 Å². The lowest BCUT2D eigenvalue weighted by Crippen LogP contribution is -2.48. The SMILES string of the molecule is O=C(O)C(NC(CO)CO)C1CC1. The van der Waals surface area contributed by atoms with Crippen LogP contribution in [0.4, 0.5) is 0 Å². The van der Waals surface area contributed by atoms with E-state index in [9.17, 15) is 4.79 Å². The van der Waals surface area contributed by atoms with Crippen LogP contribution in [-0.4, -0.2) is 46.6 Å². The van der Waals surface area contributed by atoms with Gasteiger partial charge in [-0.1, -0.05) is 0 Å². The molecule has 0 aromatic carbocycles. The van der Waals surface area contributed by atoms with Gasteiger partial charge in [0.05, 0.1) is 19.3 Å². The standard InChI is InChI=1S/C8H15NO4/c10-3-6(4-11)9-7(8(12)13)5-1-2-5/h5-7,9-11H,1-4H2,(H,12,13). The van der Waals surface area contributed by atoms with Crippen LogP contribution in [-0.2, 0) is 4.79 Å². The Morgan fingerprint density at radius 2 is 1.92 bits per heavy atom. The summed E-state index contributed by atoms with van der Waals surface area (Å²) < 4.78 is 0. The molecular weight excluding hydrogens is 174 g/mol. The first-order valence-electron chi connectivity index (χ1n) is 4.39. The molecule has 1 aliphatic carbocycles. The van der Waals surface area contributed by atoms with Gasteiger partial charge < -0.3 is 15.3 Å². The Balaban J connectivity index is 2.41. The van der Waals surface area contributed by atoms with E-state index in [1.807, 2.05) is 0 Å². The Bertz CT molecular complexity index is 177. The van der Waals surface area contributed by atoms with Crippen LogP contribution in [0.25, 0.3) is 0 Å². The van der Waals surface area contributed by atoms with Crippen molar-refractivity contribution in [2.24, 2.45) is 5.92 Å². The lowest BCUT2D eigenvalue weighted by molar-refractivity contribution is -0.140. The van der Waals surface area contributed by atoms with Gasteiger partial charge in [0.25, 0.3) is 0 Å². The molecule has 0 aliphatic heterocycles. The first-order chi connectivity index (χ1) is 6.19. The van der Waals surface area contributed by atoms with Gasteiger partial charge in [-0.3, -0.25) is 10.1 Å². The van der Waals surface area contributed by atoms with E-state index < -0.39 is 18.1 Å². The summed E-state index contributed by atoms with van der Waals surface area (Å²) in [5.74, 6) is -0.743. The van der Waals surface area contributed by atoms with Crippen LogP contribution in [0.15, 0.2) is 0 Å². The molecule has 76 valence electrons. The summed E-state index contributed by atoms with van der Waals surface area (Å²) in [6.07, 6.45) is 1.82. The zero-order valence-electron chi connectivity index (χ0n) is 7.31. The molecule has 1 aliphatic rings. The second kappa shape index (κ2) is 4.55. The summed E-state index contributed by atoms with van der Waals surface area (Å²) in [5.41, 5.74) is 0. The molecule has 5 nitrogen and oxygen atoms in total. The number of hydrogen-bond donors (Lipinski definition) is 4. The molecule has 0 saturated heterocycles. The average molecular weight is 189 g/mol. The first-order valence-corrected chi connectivity index (χ1v) is 4.39. The van der Waals surface area contributed by atoms with Crippen LogP contribution >= 0.6 is 0 Å². The quantitative estimate of drug-likeness (QED) is 0.421. The van der Waals surface area contributed by atoms with Crippen LogP contribution < -0.4 is 5.32 Å². The van der Waals surface area contributed by atoms with Crippen molar-refractivity contribution in [3.63, 3.8) is 0 Å². The zero-order valence-corrected chi connectivity index (χ0v) is 7.31. The molecule has 1 unspecified atom stereocenters. The highest BCUT2D eigenvalue weighted by atomic mass is 16.4. The smallest absolute Gasteiger partial charge is 0.320 e. The Morgan fingerprint density at radius 3 is 2.23 bits per heavy atom. The van der Waals surface area contributed by atoms with Gasteiger partial charge >= 0.3 is 5.97 Å². The van der Waals surface area contributed by atoms with Crippen molar-refractivity contribution in [1.82, 2.24) is 5.32 Å². The minimum absolute atomic E-state index is 0.165. The fraction of sp³-hybridized carbons (Fsp3) is 0.875. The normalized spacial score (nSPS) is 19.0. The Labute approximate surface area is 76.4 Å². The van der Waals surface area contributed by atoms with Gasteiger partial charge in [-0.05, 0) is 18.8 Å². The summed E-state index contributed by atoms with van der Waals surface area (Å²) >= 11 is 0. The van der Waals surface area contributed by atoms with Crippen molar-refractivity contribution in [3.8, 4) is 0 Å². The van der Waals surface area contributed by atoms with Crippen molar-refractivity contribution < 1.29 is 20.1 Å². The first kappa shape index (κ1) is 10.4. The van der Waals surface area contributed by atoms with Crippen molar-refractivity contribution >= 4 is 5.97 Å². The lowest BCUT2D eigenvalue weighted by Gasteiger charge is -2.19. The second-order valence-corrected chi connectivity index (χ2v) is 3.38. The predicted molar refractivity (Wildman–Crippen MR) is 45.2 cm³/mol. The van der Waals surface area contributed by atoms with E-state index in [-0.39, 0.29) is 19.1 Å². The van der Waals surface area contributed by atoms with Crippen molar-refractivity contribution in [3.05, 3.63) is 0 Å². The number of rotatable bonds is 6. The fourth-order valence-corrected chi connectivity index (χ4v) is 1.26. The highest BCUT2D eigenvalue weighted by molar-refractivity contribution is 5.74. The molecule has 1 rings (SSSR count). The van der Waals surface area contributed by atoms with Crippen molar-refractivity contribution in [2.45, 2.75) is 24.9 Å². The van der Waals surface area contributed by atoms with E-state index in [1.54, 1.807) is 0 Å². The van der Waals surface area contributed by atoms with Crippen LogP contribution in [0.3, 0.4) is 0 Å². The molecule has 0 amide bonds. The van der Waals surface area contributed by atoms with Gasteiger partial charge in [0, 0.05) is 0 Å². The molecule has 13 heavy (non-hydrogen) atoms. The van der Waals surface area contributed by atoms with Crippen molar-refractivity contribution in [2.75, 3.05) is 13.2 Å². The van der Waals surface area contributed by atoms with Gasteiger partial charge in [-0.2, -0.15) is 0 Å². The number of carboxylic acids is 1. The average Bonchev–Trinajstić information content (AvgIpc) is 2.89. The van der Waals surface area contributed by atoms with Crippen LogP contribution in [0, 0.1) is 5.92 Å². The molecule has 0 heterocycles. The third kappa shape index (κ3) is 2.95. The van der Waals surface area contributed by atoms with E-state index in [4.69, 9.17) is 15.3 Å². The van der Waals surface area contributed by atoms with E-state index >= 15 is 0 Å². The molecule has 0 bridgehead atoms. The highest BCUT2D eigenvalue weighted by Crippen LogP contribution is 2.32. The summed E-state index contributed by atoms with van der Waals surface area (Å²) in [5, 5.41) is 29.0. The summed E-state index contributed by atoms with van der Waals surface area (Å²) in [4.78, 5) is 10.7. The Hall–Kier alpha value is -0.650. The van der Waals surface area contributed by atoms with Gasteiger partial charge in [-0.15, -0.1) is 0 Å². The maximum atomic E-state index is 10.7. The van der Waals surface area contributed by atoms with E-state index in [0.29, 0.717) is 0 Å². The monoisotopic (exact) mass is 189 g/mol. The summed E-state index contributed by atoms with van der Waals surface area (Å²) in [6.45, 7) is -0.486. The third-order valence-electron chi connectivity index (χ3n) is 2.22. The van der Waals surface area contributed by atoms with Crippen molar-refractivity contribution in [1.29, 1.82) is 0 Å². The molecule has 1 atom stereocenters. The maximum absolute atomic E-state index is 10.7. The van der Waals surface area contributed by atoms with E-state index in [0.717, 1.165) is 12.8 Å². The second-order valence-electron chi connectivity index (χ2n) is 3.38. The molecule has 1 fully saturated rings. The number of aliphatic hydroxyl groups excluding tert-OH is 2. The van der Waals surface area contributed by atoms with Gasteiger partial charge in [0.2, 0.25) is 0 Å². The summed E-state index contributed by atoms with van der Waals surface area (Å²) in [7, 11) is 0. The topological polar surface area (TPSA) is 89.8 Å². The molecule has 0 aromatic rings. The Morgan fingerprint density at radius 1 is 1.38 bits per heavy atom. The molecule has 4 N–H and O–H groups in total. The van der Waals surface area contributed by atoms with Crippen LogP contribution in [0.2, 0.25) is 0 Å². The highest BCUT2D eigenvalue weighted by Gasteiger charge is 2.37. The van der Waals surface area contributed by atoms with E-state index in [2.05, 4.69) is 5.32 Å². The third-order valence-corrected chi connectivity index (χ3v) is 2.22. The minimum atomic E-state index is -0.908. The number of carbonyl (C=O) groups is 1. The molecule has 5 heteroatoms. The number of nitrogens with one attached hydrogen (secondary N) is 1. The predicted octanol–water partition coefficient (Wildman–Crippen LogP) is -1.21. The van der Waals surface area contributed by atoms with Crippen LogP contribution in [0.5, 0.6) is 0 Å². The van der Waals surface area contributed by atoms with Gasteiger partial charge in [0.15, 0.2) is 0 Å². The molecule has 1 saturated carbocycles. The number of aliphatic hydroxyl groups is 2. The molecule has 0 radical (unpaired) electrons. The number of hydrogen-bond acceptors (Lipinski definition) is 4. The number of carboxylic acid groups (broad SMARTS) is 1. The number of aliphatic carboxylic acids is 1. The Kier molecular flexibility index (Phi) is 3.65. The lowest BCUT2D eigenvalue weighted by atomic mass is 10.1. The largest absolute Gasteiger partial charge is 0.480 e. The zero-order chi connectivity index (χ0) is 9.84. The maximum Gasteiger partial charge on any atom is 0.320 e. The fourth-order valence-electron chi connectivity index (χ4n) is 1.26. The van der Waals surface area contributed by atoms with E-state index in [1.165, 1.54) is 0 Å². The van der Waals surface area contributed by atoms with Crippen LogP contribution in [0.1, 0.15) is 12.8 Å². The molecule has 0 spiro atoms. The summed E-state index contributed by atoms with van der Waals surface area (Å²) in [6, 6.07) is -1.15. The molecule has 0 aromatic heterocycles. The minimum Gasteiger partial charge on any atom is -0.480 e. The molecular formula is C8H15NO4.